The van der Waals surface area contributed by atoms with Gasteiger partial charge in [0.05, 0.1) is 10.6 Å². The summed E-state index contributed by atoms with van der Waals surface area (Å²) in [5.74, 6) is 0. The molecule has 0 heterocycles. The summed E-state index contributed by atoms with van der Waals surface area (Å²) in [5.41, 5.74) is 2.54. The van der Waals surface area contributed by atoms with Gasteiger partial charge in [0.2, 0.25) is 0 Å². The number of nitrogens with zero attached hydrogens (tertiary/aromatic N) is 1. The lowest BCUT2D eigenvalue weighted by Gasteiger charge is -2.20. The van der Waals surface area contributed by atoms with Gasteiger partial charge in [0, 0.05) is 12.1 Å². The minimum Gasteiger partial charge on any atom is -0.269 e. The Morgan fingerprint density at radius 2 is 1.42 bits per heavy atom. The summed E-state index contributed by atoms with van der Waals surface area (Å²) in [4.78, 5) is 0.240. The first-order chi connectivity index (χ1) is 11.5. The number of hydrogen-bond acceptors (Lipinski definition) is 2. The minimum absolute atomic E-state index is 0.240. The van der Waals surface area contributed by atoms with E-state index in [4.69, 9.17) is 11.6 Å². The number of rotatable bonds is 4. The zero-order valence-corrected chi connectivity index (χ0v) is 14.6. The SMILES string of the molecule is CN(c1cccc(Cl)c1)S(=O)(=O)c1ccc(-c2ccccc2)cc1. The summed E-state index contributed by atoms with van der Waals surface area (Å²) in [5, 5.41) is 0.494. The maximum absolute atomic E-state index is 12.8. The molecule has 0 saturated heterocycles. The Morgan fingerprint density at radius 1 is 0.792 bits per heavy atom. The standard InChI is InChI=1S/C19H16ClNO2S/c1-21(18-9-5-8-17(20)14-18)24(22,23)19-12-10-16(11-13-19)15-6-3-2-4-7-15/h2-14H,1H3. The zero-order valence-electron chi connectivity index (χ0n) is 13.1. The molecular weight excluding hydrogens is 342 g/mol. The fraction of sp³-hybridized carbons (Fsp3) is 0.0526. The lowest BCUT2D eigenvalue weighted by atomic mass is 10.1. The van der Waals surface area contributed by atoms with Gasteiger partial charge in [0.25, 0.3) is 10.0 Å². The van der Waals surface area contributed by atoms with E-state index in [1.807, 2.05) is 42.5 Å². The summed E-state index contributed by atoms with van der Waals surface area (Å²) >= 11 is 5.95. The third-order valence-electron chi connectivity index (χ3n) is 3.79. The molecule has 3 aromatic rings. The van der Waals surface area contributed by atoms with Crippen LogP contribution in [0.25, 0.3) is 11.1 Å². The monoisotopic (exact) mass is 357 g/mol. The lowest BCUT2D eigenvalue weighted by molar-refractivity contribution is 0.594. The highest BCUT2D eigenvalue weighted by molar-refractivity contribution is 7.92. The molecule has 0 saturated carbocycles. The van der Waals surface area contributed by atoms with E-state index in [9.17, 15) is 8.42 Å². The van der Waals surface area contributed by atoms with Gasteiger partial charge in [-0.05, 0) is 41.5 Å². The molecule has 0 atom stereocenters. The van der Waals surface area contributed by atoms with Crippen molar-refractivity contribution in [1.82, 2.24) is 0 Å². The zero-order chi connectivity index (χ0) is 17.2. The number of anilines is 1. The summed E-state index contributed by atoms with van der Waals surface area (Å²) < 4.78 is 26.8. The molecule has 3 rings (SSSR count). The molecule has 0 aliphatic heterocycles. The Hall–Kier alpha value is -2.30. The number of benzene rings is 3. The third-order valence-corrected chi connectivity index (χ3v) is 5.83. The van der Waals surface area contributed by atoms with Crippen LogP contribution in [0.4, 0.5) is 5.69 Å². The van der Waals surface area contributed by atoms with Crippen LogP contribution in [0.3, 0.4) is 0 Å². The van der Waals surface area contributed by atoms with E-state index in [1.54, 1.807) is 36.4 Å². The van der Waals surface area contributed by atoms with Crippen molar-refractivity contribution >= 4 is 27.3 Å². The van der Waals surface area contributed by atoms with Crippen LogP contribution < -0.4 is 4.31 Å². The summed E-state index contributed by atoms with van der Waals surface area (Å²) in [6.07, 6.45) is 0. The van der Waals surface area contributed by atoms with Crippen molar-refractivity contribution in [2.45, 2.75) is 4.90 Å². The van der Waals surface area contributed by atoms with E-state index in [1.165, 1.54) is 11.4 Å². The maximum Gasteiger partial charge on any atom is 0.264 e. The molecule has 0 radical (unpaired) electrons. The first-order valence-corrected chi connectivity index (χ1v) is 9.20. The van der Waals surface area contributed by atoms with Crippen LogP contribution in [0.15, 0.2) is 83.8 Å². The Labute approximate surface area is 147 Å². The molecule has 122 valence electrons. The molecule has 0 aliphatic rings. The van der Waals surface area contributed by atoms with Crippen LogP contribution in [0, 0.1) is 0 Å². The predicted octanol–water partition coefficient (Wildman–Crippen LogP) is 4.83. The number of hydrogen-bond donors (Lipinski definition) is 0. The highest BCUT2D eigenvalue weighted by Crippen LogP contribution is 2.26. The lowest BCUT2D eigenvalue weighted by Crippen LogP contribution is -2.26. The molecule has 0 aliphatic carbocycles. The van der Waals surface area contributed by atoms with E-state index in [-0.39, 0.29) is 4.90 Å². The molecule has 3 nitrogen and oxygen atoms in total. The Balaban J connectivity index is 1.93. The van der Waals surface area contributed by atoms with Crippen LogP contribution in [-0.4, -0.2) is 15.5 Å². The van der Waals surface area contributed by atoms with Crippen molar-refractivity contribution in [3.63, 3.8) is 0 Å². The van der Waals surface area contributed by atoms with Gasteiger partial charge in [-0.3, -0.25) is 4.31 Å². The second kappa shape index (κ2) is 6.67. The highest BCUT2D eigenvalue weighted by Gasteiger charge is 2.21. The highest BCUT2D eigenvalue weighted by atomic mass is 35.5. The predicted molar refractivity (Wildman–Crippen MR) is 98.9 cm³/mol. The van der Waals surface area contributed by atoms with Gasteiger partial charge in [0.1, 0.15) is 0 Å². The van der Waals surface area contributed by atoms with Gasteiger partial charge in [-0.1, -0.05) is 60.1 Å². The Morgan fingerprint density at radius 3 is 2.04 bits per heavy atom. The first kappa shape index (κ1) is 16.6. The van der Waals surface area contributed by atoms with Crippen molar-refractivity contribution in [3.05, 3.63) is 83.9 Å². The fourth-order valence-electron chi connectivity index (χ4n) is 2.42. The molecule has 0 unspecified atom stereocenters. The van der Waals surface area contributed by atoms with E-state index < -0.39 is 10.0 Å². The average Bonchev–Trinajstić information content (AvgIpc) is 2.62. The van der Waals surface area contributed by atoms with Gasteiger partial charge in [-0.2, -0.15) is 0 Å². The van der Waals surface area contributed by atoms with Crippen LogP contribution in [-0.2, 0) is 10.0 Å². The van der Waals surface area contributed by atoms with Crippen molar-refractivity contribution in [3.8, 4) is 11.1 Å². The maximum atomic E-state index is 12.8. The van der Waals surface area contributed by atoms with Crippen LogP contribution in [0.1, 0.15) is 0 Å². The molecule has 3 aromatic carbocycles. The second-order valence-electron chi connectivity index (χ2n) is 5.34. The minimum atomic E-state index is -3.63. The van der Waals surface area contributed by atoms with E-state index >= 15 is 0 Å². The van der Waals surface area contributed by atoms with Gasteiger partial charge in [-0.25, -0.2) is 8.42 Å². The van der Waals surface area contributed by atoms with Gasteiger partial charge in [0.15, 0.2) is 0 Å². The van der Waals surface area contributed by atoms with Crippen molar-refractivity contribution in [2.75, 3.05) is 11.4 Å². The smallest absolute Gasteiger partial charge is 0.264 e. The second-order valence-corrected chi connectivity index (χ2v) is 7.75. The Kier molecular flexibility index (Phi) is 4.60. The largest absolute Gasteiger partial charge is 0.269 e. The van der Waals surface area contributed by atoms with Crippen LogP contribution >= 0.6 is 11.6 Å². The molecule has 0 amide bonds. The van der Waals surface area contributed by atoms with E-state index in [0.717, 1.165) is 11.1 Å². The van der Waals surface area contributed by atoms with Crippen molar-refractivity contribution in [2.24, 2.45) is 0 Å². The quantitative estimate of drug-likeness (QED) is 0.670. The van der Waals surface area contributed by atoms with Crippen molar-refractivity contribution in [1.29, 1.82) is 0 Å². The van der Waals surface area contributed by atoms with Crippen molar-refractivity contribution < 1.29 is 8.42 Å². The van der Waals surface area contributed by atoms with Gasteiger partial charge in [-0.15, -0.1) is 0 Å². The molecule has 0 bridgehead atoms. The number of halogens is 1. The third kappa shape index (κ3) is 3.30. The molecule has 5 heteroatoms. The van der Waals surface area contributed by atoms with Crippen LogP contribution in [0.2, 0.25) is 5.02 Å². The Bertz CT molecular complexity index is 939. The van der Waals surface area contributed by atoms with E-state index in [0.29, 0.717) is 10.7 Å². The average molecular weight is 358 g/mol. The topological polar surface area (TPSA) is 37.4 Å². The summed E-state index contributed by atoms with van der Waals surface area (Å²) in [7, 11) is -2.11. The fourth-order valence-corrected chi connectivity index (χ4v) is 3.79. The molecule has 0 aromatic heterocycles. The molecular formula is C19H16ClNO2S. The summed E-state index contributed by atoms with van der Waals surface area (Å²) in [6, 6.07) is 23.5. The molecule has 0 N–H and O–H groups in total. The van der Waals surface area contributed by atoms with E-state index in [2.05, 4.69) is 0 Å². The number of sulfonamides is 1. The van der Waals surface area contributed by atoms with Crippen LogP contribution in [0.5, 0.6) is 0 Å². The van der Waals surface area contributed by atoms with Gasteiger partial charge >= 0.3 is 0 Å². The first-order valence-electron chi connectivity index (χ1n) is 7.38. The van der Waals surface area contributed by atoms with Gasteiger partial charge < -0.3 is 0 Å². The summed E-state index contributed by atoms with van der Waals surface area (Å²) in [6.45, 7) is 0. The normalized spacial score (nSPS) is 11.2. The molecule has 0 spiro atoms. The molecule has 24 heavy (non-hydrogen) atoms. The molecule has 0 fully saturated rings.